The van der Waals surface area contributed by atoms with Crippen LogP contribution in [0.25, 0.3) is 6.08 Å². The average molecular weight is 378 g/mol. The van der Waals surface area contributed by atoms with Crippen LogP contribution in [0, 0.1) is 0 Å². The SMILES string of the molecule is COc1ccc(/C=C2/SC(=O)N(CC(=O)N3CCOCC3)C2=O)cc1O. The van der Waals surface area contributed by atoms with Gasteiger partial charge in [-0.25, -0.2) is 0 Å². The maximum atomic E-state index is 12.5. The highest BCUT2D eigenvalue weighted by Gasteiger charge is 2.37. The Balaban J connectivity index is 1.71. The predicted octanol–water partition coefficient (Wildman–Crippen LogP) is 1.30. The van der Waals surface area contributed by atoms with E-state index in [0.717, 1.165) is 16.7 Å². The van der Waals surface area contributed by atoms with Crippen molar-refractivity contribution in [1.29, 1.82) is 0 Å². The number of benzene rings is 1. The van der Waals surface area contributed by atoms with Gasteiger partial charge in [-0.15, -0.1) is 0 Å². The van der Waals surface area contributed by atoms with Crippen LogP contribution in [-0.2, 0) is 14.3 Å². The second kappa shape index (κ2) is 7.79. The molecule has 2 saturated heterocycles. The third-order valence-electron chi connectivity index (χ3n) is 4.03. The minimum atomic E-state index is -0.517. The van der Waals surface area contributed by atoms with E-state index >= 15 is 0 Å². The van der Waals surface area contributed by atoms with Gasteiger partial charge in [0.2, 0.25) is 5.91 Å². The summed E-state index contributed by atoms with van der Waals surface area (Å²) in [4.78, 5) is 39.6. The number of morpholine rings is 1. The normalized spacial score (nSPS) is 19.3. The molecule has 8 nitrogen and oxygen atoms in total. The summed E-state index contributed by atoms with van der Waals surface area (Å²) in [6, 6.07) is 4.66. The molecule has 0 bridgehead atoms. The molecule has 0 unspecified atom stereocenters. The first-order valence-corrected chi connectivity index (χ1v) is 8.79. The van der Waals surface area contributed by atoms with Crippen molar-refractivity contribution in [2.75, 3.05) is 40.0 Å². The van der Waals surface area contributed by atoms with E-state index in [4.69, 9.17) is 9.47 Å². The fourth-order valence-electron chi connectivity index (χ4n) is 2.63. The van der Waals surface area contributed by atoms with Crippen molar-refractivity contribution in [2.45, 2.75) is 0 Å². The Morgan fingerprint density at radius 1 is 1.35 bits per heavy atom. The number of thioether (sulfide) groups is 1. The van der Waals surface area contributed by atoms with Crippen molar-refractivity contribution < 1.29 is 29.0 Å². The highest BCUT2D eigenvalue weighted by Crippen LogP contribution is 2.34. The lowest BCUT2D eigenvalue weighted by Gasteiger charge is -2.28. The second-order valence-corrected chi connectivity index (χ2v) is 6.69. The number of phenols is 1. The van der Waals surface area contributed by atoms with Gasteiger partial charge in [0.25, 0.3) is 11.1 Å². The summed E-state index contributed by atoms with van der Waals surface area (Å²) in [5, 5.41) is 9.33. The molecular formula is C17H18N2O6S. The van der Waals surface area contributed by atoms with Crippen molar-refractivity contribution >= 4 is 34.9 Å². The van der Waals surface area contributed by atoms with E-state index in [1.807, 2.05) is 0 Å². The number of ether oxygens (including phenoxy) is 2. The summed E-state index contributed by atoms with van der Waals surface area (Å²) >= 11 is 0.771. The highest BCUT2D eigenvalue weighted by atomic mass is 32.2. The Hall–Kier alpha value is -2.52. The number of amides is 3. The van der Waals surface area contributed by atoms with Gasteiger partial charge in [0.15, 0.2) is 11.5 Å². The Bertz CT molecular complexity index is 773. The maximum absolute atomic E-state index is 12.5. The fourth-order valence-corrected chi connectivity index (χ4v) is 3.47. The van der Waals surface area contributed by atoms with Crippen LogP contribution in [0.1, 0.15) is 5.56 Å². The van der Waals surface area contributed by atoms with Crippen molar-refractivity contribution in [3.63, 3.8) is 0 Å². The quantitative estimate of drug-likeness (QED) is 0.789. The first-order valence-electron chi connectivity index (χ1n) is 7.97. The molecule has 0 aromatic heterocycles. The molecule has 9 heteroatoms. The molecule has 1 N–H and O–H groups in total. The van der Waals surface area contributed by atoms with Crippen molar-refractivity contribution in [3.8, 4) is 11.5 Å². The number of rotatable bonds is 4. The Morgan fingerprint density at radius 3 is 2.73 bits per heavy atom. The van der Waals surface area contributed by atoms with Gasteiger partial charge >= 0.3 is 0 Å². The molecule has 2 aliphatic rings. The van der Waals surface area contributed by atoms with Crippen molar-refractivity contribution in [3.05, 3.63) is 28.7 Å². The largest absolute Gasteiger partial charge is 0.504 e. The zero-order chi connectivity index (χ0) is 18.7. The molecule has 2 aliphatic heterocycles. The summed E-state index contributed by atoms with van der Waals surface area (Å²) in [6.45, 7) is 1.53. The fraction of sp³-hybridized carbons (Fsp3) is 0.353. The molecule has 3 rings (SSSR count). The lowest BCUT2D eigenvalue weighted by molar-refractivity contribution is -0.139. The van der Waals surface area contributed by atoms with E-state index in [-0.39, 0.29) is 23.1 Å². The predicted molar refractivity (Wildman–Crippen MR) is 94.7 cm³/mol. The number of nitrogens with zero attached hydrogens (tertiary/aromatic N) is 2. The highest BCUT2D eigenvalue weighted by molar-refractivity contribution is 8.18. The number of carbonyl (C=O) groups excluding carboxylic acids is 3. The molecule has 2 fully saturated rings. The zero-order valence-corrected chi connectivity index (χ0v) is 15.0. The van der Waals surface area contributed by atoms with E-state index in [1.54, 1.807) is 17.0 Å². The van der Waals surface area contributed by atoms with Gasteiger partial charge < -0.3 is 19.5 Å². The minimum Gasteiger partial charge on any atom is -0.504 e. The van der Waals surface area contributed by atoms with Gasteiger partial charge in [-0.1, -0.05) is 6.07 Å². The minimum absolute atomic E-state index is 0.0667. The van der Waals surface area contributed by atoms with Crippen LogP contribution in [0.15, 0.2) is 23.1 Å². The molecular weight excluding hydrogens is 360 g/mol. The topological polar surface area (TPSA) is 96.4 Å². The molecule has 3 amide bonds. The first-order chi connectivity index (χ1) is 12.5. The summed E-state index contributed by atoms with van der Waals surface area (Å²) in [5.41, 5.74) is 0.549. The Morgan fingerprint density at radius 2 is 2.08 bits per heavy atom. The standard InChI is InChI=1S/C17H18N2O6S/c1-24-13-3-2-11(8-12(13)20)9-14-16(22)19(17(23)26-14)10-15(21)18-4-6-25-7-5-18/h2-3,8-9,20H,4-7,10H2,1H3/b14-9+. The van der Waals surface area contributed by atoms with E-state index in [9.17, 15) is 19.5 Å². The molecule has 0 atom stereocenters. The summed E-state index contributed by atoms with van der Waals surface area (Å²) < 4.78 is 10.2. The van der Waals surface area contributed by atoms with Crippen LogP contribution >= 0.6 is 11.8 Å². The van der Waals surface area contributed by atoms with Crippen LogP contribution in [-0.4, -0.2) is 71.9 Å². The number of imide groups is 1. The molecule has 26 heavy (non-hydrogen) atoms. The maximum Gasteiger partial charge on any atom is 0.294 e. The number of methoxy groups -OCH3 is 1. The van der Waals surface area contributed by atoms with Gasteiger partial charge in [-0.2, -0.15) is 0 Å². The number of aromatic hydroxyl groups is 1. The monoisotopic (exact) mass is 378 g/mol. The lowest BCUT2D eigenvalue weighted by Crippen LogP contribution is -2.46. The number of phenolic OH excluding ortho intramolecular Hbond substituents is 1. The van der Waals surface area contributed by atoms with Gasteiger partial charge in [0, 0.05) is 13.1 Å². The van der Waals surface area contributed by atoms with Crippen LogP contribution in [0.3, 0.4) is 0 Å². The van der Waals surface area contributed by atoms with E-state index in [1.165, 1.54) is 19.3 Å². The summed E-state index contributed by atoms with van der Waals surface area (Å²) in [7, 11) is 1.44. The van der Waals surface area contributed by atoms with Gasteiger partial charge in [0.05, 0.1) is 25.2 Å². The van der Waals surface area contributed by atoms with Crippen LogP contribution in [0.5, 0.6) is 11.5 Å². The summed E-state index contributed by atoms with van der Waals surface area (Å²) in [5.74, 6) is -0.551. The van der Waals surface area contributed by atoms with Crippen LogP contribution in [0.2, 0.25) is 0 Å². The first kappa shape index (κ1) is 18.3. The summed E-state index contributed by atoms with van der Waals surface area (Å²) in [6.07, 6.45) is 1.50. The third kappa shape index (κ3) is 3.83. The molecule has 138 valence electrons. The molecule has 1 aromatic rings. The molecule has 0 aliphatic carbocycles. The van der Waals surface area contributed by atoms with Gasteiger partial charge in [-0.3, -0.25) is 19.3 Å². The Kier molecular flexibility index (Phi) is 5.48. The van der Waals surface area contributed by atoms with E-state index < -0.39 is 11.1 Å². The lowest BCUT2D eigenvalue weighted by atomic mass is 10.2. The Labute approximate surface area is 154 Å². The molecule has 0 spiro atoms. The van der Waals surface area contributed by atoms with Crippen LogP contribution in [0.4, 0.5) is 4.79 Å². The number of hydrogen-bond acceptors (Lipinski definition) is 7. The second-order valence-electron chi connectivity index (χ2n) is 5.69. The molecule has 2 heterocycles. The van der Waals surface area contributed by atoms with E-state index in [2.05, 4.69) is 0 Å². The van der Waals surface area contributed by atoms with E-state index in [0.29, 0.717) is 37.6 Å². The van der Waals surface area contributed by atoms with Gasteiger partial charge in [0.1, 0.15) is 6.54 Å². The molecule has 1 aromatic carbocycles. The average Bonchev–Trinajstić information content (AvgIpc) is 2.90. The molecule has 0 radical (unpaired) electrons. The van der Waals surface area contributed by atoms with Crippen molar-refractivity contribution in [1.82, 2.24) is 9.80 Å². The molecule has 0 saturated carbocycles. The number of carbonyl (C=O) groups is 3. The van der Waals surface area contributed by atoms with Crippen LogP contribution < -0.4 is 4.74 Å². The number of hydrogen-bond donors (Lipinski definition) is 1. The smallest absolute Gasteiger partial charge is 0.294 e. The third-order valence-corrected chi connectivity index (χ3v) is 4.94. The zero-order valence-electron chi connectivity index (χ0n) is 14.1. The van der Waals surface area contributed by atoms with Gasteiger partial charge in [-0.05, 0) is 35.5 Å². The van der Waals surface area contributed by atoms with Crippen molar-refractivity contribution in [2.24, 2.45) is 0 Å².